The number of carbonyl (C=O) groups is 1. The highest BCUT2D eigenvalue weighted by molar-refractivity contribution is 5.91. The molecule has 20 heavy (non-hydrogen) atoms. The first kappa shape index (κ1) is 12.9. The van der Waals surface area contributed by atoms with Crippen LogP contribution in [-0.4, -0.2) is 20.7 Å². The van der Waals surface area contributed by atoms with Crippen molar-refractivity contribution in [1.29, 1.82) is 0 Å². The Morgan fingerprint density at radius 1 is 1.30 bits per heavy atom. The van der Waals surface area contributed by atoms with Gasteiger partial charge < -0.3 is 14.3 Å². The molecule has 2 aromatic rings. The second-order valence-electron chi connectivity index (χ2n) is 5.01. The van der Waals surface area contributed by atoms with E-state index < -0.39 is 0 Å². The van der Waals surface area contributed by atoms with Crippen molar-refractivity contribution in [2.24, 2.45) is 0 Å². The van der Waals surface area contributed by atoms with Gasteiger partial charge in [-0.05, 0) is 25.0 Å². The van der Waals surface area contributed by atoms with Gasteiger partial charge in [-0.2, -0.15) is 0 Å². The predicted octanol–water partition coefficient (Wildman–Crippen LogP) is 1.92. The molecule has 0 bridgehead atoms. The van der Waals surface area contributed by atoms with Crippen molar-refractivity contribution in [2.45, 2.75) is 45.2 Å². The molecule has 0 fully saturated rings. The normalized spacial score (nSPS) is 15.2. The number of furan rings is 1. The van der Waals surface area contributed by atoms with Crippen molar-refractivity contribution in [3.8, 4) is 0 Å². The zero-order valence-corrected chi connectivity index (χ0v) is 11.3. The molecule has 106 valence electrons. The highest BCUT2D eigenvalue weighted by Crippen LogP contribution is 2.14. The lowest BCUT2D eigenvalue weighted by Crippen LogP contribution is -2.25. The summed E-state index contributed by atoms with van der Waals surface area (Å²) < 4.78 is 7.20. The fourth-order valence-corrected chi connectivity index (χ4v) is 2.51. The Labute approximate surface area is 117 Å². The van der Waals surface area contributed by atoms with E-state index >= 15 is 0 Å². The molecule has 1 aliphatic heterocycles. The van der Waals surface area contributed by atoms with E-state index in [1.807, 2.05) is 0 Å². The maximum atomic E-state index is 11.8. The third-order valence-corrected chi connectivity index (χ3v) is 3.59. The predicted molar refractivity (Wildman–Crippen MR) is 72.1 cm³/mol. The van der Waals surface area contributed by atoms with E-state index in [0.717, 1.165) is 37.5 Å². The van der Waals surface area contributed by atoms with Gasteiger partial charge in [0.1, 0.15) is 5.82 Å². The monoisotopic (exact) mass is 274 g/mol. The maximum Gasteiger partial charge on any atom is 0.287 e. The van der Waals surface area contributed by atoms with E-state index in [2.05, 4.69) is 20.1 Å². The largest absolute Gasteiger partial charge is 0.459 e. The quantitative estimate of drug-likeness (QED) is 0.928. The van der Waals surface area contributed by atoms with Gasteiger partial charge in [-0.15, -0.1) is 10.2 Å². The van der Waals surface area contributed by atoms with Crippen LogP contribution in [0.2, 0.25) is 0 Å². The molecule has 1 amide bonds. The van der Waals surface area contributed by atoms with Crippen LogP contribution in [0.25, 0.3) is 0 Å². The van der Waals surface area contributed by atoms with Crippen LogP contribution in [0.3, 0.4) is 0 Å². The highest BCUT2D eigenvalue weighted by Gasteiger charge is 2.15. The summed E-state index contributed by atoms with van der Waals surface area (Å²) in [5, 5.41) is 11.3. The average Bonchev–Trinajstić information content (AvgIpc) is 3.06. The van der Waals surface area contributed by atoms with Crippen molar-refractivity contribution in [1.82, 2.24) is 20.1 Å². The Hall–Kier alpha value is -2.11. The van der Waals surface area contributed by atoms with E-state index in [9.17, 15) is 4.79 Å². The van der Waals surface area contributed by atoms with Crippen molar-refractivity contribution in [3.63, 3.8) is 0 Å². The number of nitrogens with zero attached hydrogens (tertiary/aromatic N) is 3. The van der Waals surface area contributed by atoms with E-state index in [0.29, 0.717) is 12.3 Å². The first-order valence-electron chi connectivity index (χ1n) is 7.07. The van der Waals surface area contributed by atoms with E-state index in [-0.39, 0.29) is 5.91 Å². The zero-order valence-electron chi connectivity index (χ0n) is 11.3. The summed E-state index contributed by atoms with van der Waals surface area (Å²) in [4.78, 5) is 11.8. The van der Waals surface area contributed by atoms with Crippen LogP contribution < -0.4 is 5.32 Å². The molecule has 0 unspecified atom stereocenters. The lowest BCUT2D eigenvalue weighted by atomic mass is 10.1. The second-order valence-corrected chi connectivity index (χ2v) is 5.01. The standard InChI is InChI=1S/C14H18N4O2/c19-14(11-6-5-9-20-11)15-10-13-17-16-12-7-3-1-2-4-8-18(12)13/h5-6,9H,1-4,7-8,10H2,(H,15,19). The Kier molecular flexibility index (Phi) is 3.80. The number of amides is 1. The van der Waals surface area contributed by atoms with E-state index in [4.69, 9.17) is 4.42 Å². The van der Waals surface area contributed by atoms with E-state index in [1.54, 1.807) is 12.1 Å². The number of aryl methyl sites for hydroxylation is 1. The van der Waals surface area contributed by atoms with Crippen LogP contribution in [-0.2, 0) is 19.5 Å². The van der Waals surface area contributed by atoms with Crippen LogP contribution >= 0.6 is 0 Å². The summed E-state index contributed by atoms with van der Waals surface area (Å²) in [6, 6.07) is 3.34. The lowest BCUT2D eigenvalue weighted by molar-refractivity contribution is 0.0921. The molecule has 6 heteroatoms. The molecule has 0 spiro atoms. The summed E-state index contributed by atoms with van der Waals surface area (Å²) in [5.41, 5.74) is 0. The number of hydrogen-bond donors (Lipinski definition) is 1. The van der Waals surface area contributed by atoms with Crippen molar-refractivity contribution in [3.05, 3.63) is 35.8 Å². The SMILES string of the molecule is O=C(NCc1nnc2n1CCCCCC2)c1ccco1. The number of rotatable bonds is 3. The molecule has 0 aliphatic carbocycles. The fraction of sp³-hybridized carbons (Fsp3) is 0.500. The molecule has 0 atom stereocenters. The number of carbonyl (C=O) groups excluding carboxylic acids is 1. The highest BCUT2D eigenvalue weighted by atomic mass is 16.3. The van der Waals surface area contributed by atoms with Crippen molar-refractivity contribution in [2.75, 3.05) is 0 Å². The molecular weight excluding hydrogens is 256 g/mol. The smallest absolute Gasteiger partial charge is 0.287 e. The molecule has 1 N–H and O–H groups in total. The van der Waals surface area contributed by atoms with Gasteiger partial charge >= 0.3 is 0 Å². The molecule has 0 saturated carbocycles. The summed E-state index contributed by atoms with van der Waals surface area (Å²) in [6.45, 7) is 1.32. The molecular formula is C14H18N4O2. The van der Waals surface area contributed by atoms with Gasteiger partial charge in [-0.1, -0.05) is 12.8 Å². The Bertz CT molecular complexity index is 574. The van der Waals surface area contributed by atoms with Gasteiger partial charge in [0.2, 0.25) is 0 Å². The van der Waals surface area contributed by atoms with Gasteiger partial charge in [-0.25, -0.2) is 0 Å². The van der Waals surface area contributed by atoms with Gasteiger partial charge in [-0.3, -0.25) is 4.79 Å². The minimum absolute atomic E-state index is 0.224. The Morgan fingerprint density at radius 3 is 3.05 bits per heavy atom. The average molecular weight is 274 g/mol. The number of aromatic nitrogens is 3. The van der Waals surface area contributed by atoms with Gasteiger partial charge in [0.05, 0.1) is 12.8 Å². The molecule has 6 nitrogen and oxygen atoms in total. The van der Waals surface area contributed by atoms with Crippen LogP contribution in [0.5, 0.6) is 0 Å². The van der Waals surface area contributed by atoms with Gasteiger partial charge in [0, 0.05) is 13.0 Å². The second kappa shape index (κ2) is 5.90. The molecule has 0 aromatic carbocycles. The fourth-order valence-electron chi connectivity index (χ4n) is 2.51. The maximum absolute atomic E-state index is 11.8. The van der Waals surface area contributed by atoms with Crippen molar-refractivity contribution < 1.29 is 9.21 Å². The minimum atomic E-state index is -0.224. The van der Waals surface area contributed by atoms with Crippen LogP contribution in [0.1, 0.15) is 47.9 Å². The third kappa shape index (κ3) is 2.74. The van der Waals surface area contributed by atoms with E-state index in [1.165, 1.54) is 19.1 Å². The lowest BCUT2D eigenvalue weighted by Gasteiger charge is -2.13. The number of nitrogens with one attached hydrogen (secondary N) is 1. The Balaban J connectivity index is 1.67. The molecule has 0 radical (unpaired) electrons. The van der Waals surface area contributed by atoms with Crippen LogP contribution in [0.15, 0.2) is 22.8 Å². The zero-order chi connectivity index (χ0) is 13.8. The van der Waals surface area contributed by atoms with Gasteiger partial charge in [0.15, 0.2) is 11.6 Å². The van der Waals surface area contributed by atoms with Crippen LogP contribution in [0.4, 0.5) is 0 Å². The van der Waals surface area contributed by atoms with Gasteiger partial charge in [0.25, 0.3) is 5.91 Å². The summed E-state index contributed by atoms with van der Waals surface area (Å²) in [7, 11) is 0. The topological polar surface area (TPSA) is 73.0 Å². The summed E-state index contributed by atoms with van der Waals surface area (Å²) >= 11 is 0. The first-order valence-corrected chi connectivity index (χ1v) is 7.07. The number of hydrogen-bond acceptors (Lipinski definition) is 4. The molecule has 0 saturated heterocycles. The molecule has 1 aliphatic rings. The number of fused-ring (bicyclic) bond motifs is 1. The minimum Gasteiger partial charge on any atom is -0.459 e. The first-order chi connectivity index (χ1) is 9.84. The van der Waals surface area contributed by atoms with Crippen LogP contribution in [0, 0.1) is 0 Å². The van der Waals surface area contributed by atoms with Crippen molar-refractivity contribution >= 4 is 5.91 Å². The molecule has 3 rings (SSSR count). The Morgan fingerprint density at radius 2 is 2.20 bits per heavy atom. The summed E-state index contributed by atoms with van der Waals surface area (Å²) in [6.07, 6.45) is 7.27. The molecule has 2 aromatic heterocycles. The molecule has 3 heterocycles. The third-order valence-electron chi connectivity index (χ3n) is 3.59. The summed E-state index contributed by atoms with van der Waals surface area (Å²) in [5.74, 6) is 1.95.